The molecule has 0 aromatic heterocycles. The van der Waals surface area contributed by atoms with E-state index in [1.807, 2.05) is 0 Å². The van der Waals surface area contributed by atoms with Gasteiger partial charge in [0.05, 0.1) is 5.54 Å². The van der Waals surface area contributed by atoms with Gasteiger partial charge in [-0.3, -0.25) is 0 Å². The van der Waals surface area contributed by atoms with Crippen LogP contribution in [0.3, 0.4) is 0 Å². The van der Waals surface area contributed by atoms with Crippen LogP contribution in [0.25, 0.3) is 0 Å². The Kier molecular flexibility index (Phi) is 2.98. The fourth-order valence-electron chi connectivity index (χ4n) is 1.46. The van der Waals surface area contributed by atoms with Gasteiger partial charge >= 0.3 is 0 Å². The van der Waals surface area contributed by atoms with Gasteiger partial charge in [0.15, 0.2) is 0 Å². The van der Waals surface area contributed by atoms with E-state index in [1.54, 1.807) is 0 Å². The summed E-state index contributed by atoms with van der Waals surface area (Å²) in [5, 5.41) is 12.0. The molecule has 1 fully saturated rings. The highest BCUT2D eigenvalue weighted by atomic mass is 19.3. The first kappa shape index (κ1) is 9.83. The van der Waals surface area contributed by atoms with E-state index in [2.05, 4.69) is 5.32 Å². The van der Waals surface area contributed by atoms with Crippen LogP contribution in [-0.2, 0) is 0 Å². The Balaban J connectivity index is 2.56. The molecule has 72 valence electrons. The molecule has 0 saturated carbocycles. The molecule has 0 aromatic carbocycles. The predicted molar refractivity (Wildman–Crippen MR) is 41.0 cm³/mol. The largest absolute Gasteiger partial charge is 0.385 e. The van der Waals surface area contributed by atoms with E-state index in [9.17, 15) is 8.78 Å². The van der Waals surface area contributed by atoms with Gasteiger partial charge in [0, 0.05) is 6.54 Å². The summed E-state index contributed by atoms with van der Waals surface area (Å²) in [6.07, 6.45) is -3.29. The highest BCUT2D eigenvalue weighted by Crippen LogP contribution is 2.21. The third kappa shape index (κ3) is 1.91. The molecule has 5 heteroatoms. The van der Waals surface area contributed by atoms with E-state index in [0.717, 1.165) is 13.0 Å². The third-order valence-electron chi connectivity index (χ3n) is 2.28. The van der Waals surface area contributed by atoms with Gasteiger partial charge in [0.25, 0.3) is 6.43 Å². The zero-order chi connectivity index (χ0) is 9.19. The van der Waals surface area contributed by atoms with Crippen LogP contribution < -0.4 is 11.1 Å². The van der Waals surface area contributed by atoms with Crippen molar-refractivity contribution in [3.05, 3.63) is 0 Å². The lowest BCUT2D eigenvalue weighted by Crippen LogP contribution is -2.62. The van der Waals surface area contributed by atoms with Gasteiger partial charge in [-0.1, -0.05) is 0 Å². The van der Waals surface area contributed by atoms with Crippen molar-refractivity contribution in [1.29, 1.82) is 0 Å². The maximum Gasteiger partial charge on any atom is 0.265 e. The fraction of sp³-hybridized carbons (Fsp3) is 1.00. The molecule has 2 unspecified atom stereocenters. The van der Waals surface area contributed by atoms with E-state index in [-0.39, 0.29) is 6.54 Å². The third-order valence-corrected chi connectivity index (χ3v) is 2.28. The predicted octanol–water partition coefficient (Wildman–Crippen LogP) is -0.307. The van der Waals surface area contributed by atoms with Crippen LogP contribution >= 0.6 is 0 Å². The summed E-state index contributed by atoms with van der Waals surface area (Å²) in [4.78, 5) is 0. The maximum atomic E-state index is 12.1. The highest BCUT2D eigenvalue weighted by Gasteiger charge is 2.40. The number of rotatable bonds is 2. The Morgan fingerprint density at radius 3 is 2.58 bits per heavy atom. The molecule has 1 saturated heterocycles. The molecule has 0 aliphatic carbocycles. The minimum absolute atomic E-state index is 0.262. The molecule has 1 rings (SSSR count). The van der Waals surface area contributed by atoms with Gasteiger partial charge in [-0.05, 0) is 19.4 Å². The highest BCUT2D eigenvalue weighted by molar-refractivity contribution is 4.97. The maximum absolute atomic E-state index is 12.1. The van der Waals surface area contributed by atoms with Crippen molar-refractivity contribution < 1.29 is 13.9 Å². The van der Waals surface area contributed by atoms with Crippen molar-refractivity contribution >= 4 is 0 Å². The Labute approximate surface area is 69.9 Å². The van der Waals surface area contributed by atoms with Crippen molar-refractivity contribution in [2.45, 2.75) is 30.9 Å². The standard InChI is InChI=1S/C7H14F2N2O/c8-6(9)5(12)7(10)2-1-3-11-4-7/h5-6,11-12H,1-4,10H2. The topological polar surface area (TPSA) is 58.3 Å². The average molecular weight is 180 g/mol. The molecule has 0 aromatic rings. The molecule has 3 nitrogen and oxygen atoms in total. The number of nitrogens with two attached hydrogens (primary N) is 1. The van der Waals surface area contributed by atoms with Crippen LogP contribution in [0.4, 0.5) is 8.78 Å². The summed E-state index contributed by atoms with van der Waals surface area (Å²) in [5.74, 6) is 0. The number of halogens is 2. The van der Waals surface area contributed by atoms with Crippen LogP contribution in [0, 0.1) is 0 Å². The zero-order valence-corrected chi connectivity index (χ0v) is 6.76. The lowest BCUT2D eigenvalue weighted by atomic mass is 9.86. The van der Waals surface area contributed by atoms with Gasteiger partial charge in [-0.25, -0.2) is 8.78 Å². The summed E-state index contributed by atoms with van der Waals surface area (Å²) < 4.78 is 24.2. The van der Waals surface area contributed by atoms with Crippen LogP contribution in [0.5, 0.6) is 0 Å². The number of aliphatic hydroxyl groups is 1. The first-order valence-electron chi connectivity index (χ1n) is 4.02. The molecule has 2 atom stereocenters. The first-order chi connectivity index (χ1) is 5.56. The quantitative estimate of drug-likeness (QED) is 0.546. The molecule has 1 aliphatic rings. The van der Waals surface area contributed by atoms with Gasteiger partial charge in [-0.15, -0.1) is 0 Å². The second kappa shape index (κ2) is 3.64. The molecule has 12 heavy (non-hydrogen) atoms. The molecule has 0 radical (unpaired) electrons. The Morgan fingerprint density at radius 2 is 2.17 bits per heavy atom. The van der Waals surface area contributed by atoms with E-state index < -0.39 is 18.1 Å². The smallest absolute Gasteiger partial charge is 0.265 e. The van der Waals surface area contributed by atoms with E-state index in [0.29, 0.717) is 6.42 Å². The number of hydrogen-bond donors (Lipinski definition) is 3. The van der Waals surface area contributed by atoms with E-state index >= 15 is 0 Å². The molecule has 4 N–H and O–H groups in total. The number of piperidine rings is 1. The molecule has 1 heterocycles. The van der Waals surface area contributed by atoms with Crippen LogP contribution in [-0.4, -0.2) is 36.3 Å². The van der Waals surface area contributed by atoms with Crippen molar-refractivity contribution in [2.75, 3.05) is 13.1 Å². The Morgan fingerprint density at radius 1 is 1.50 bits per heavy atom. The number of alkyl halides is 2. The first-order valence-corrected chi connectivity index (χ1v) is 4.02. The van der Waals surface area contributed by atoms with E-state index in [1.165, 1.54) is 0 Å². The summed E-state index contributed by atoms with van der Waals surface area (Å²) >= 11 is 0. The summed E-state index contributed by atoms with van der Waals surface area (Å²) in [6, 6.07) is 0. The van der Waals surface area contributed by atoms with E-state index in [4.69, 9.17) is 10.8 Å². The van der Waals surface area contributed by atoms with Crippen molar-refractivity contribution in [3.8, 4) is 0 Å². The summed E-state index contributed by atoms with van der Waals surface area (Å²) in [5.41, 5.74) is 4.46. The minimum atomic E-state index is -2.75. The monoisotopic (exact) mass is 180 g/mol. The fourth-order valence-corrected chi connectivity index (χ4v) is 1.46. The minimum Gasteiger partial charge on any atom is -0.385 e. The normalized spacial score (nSPS) is 33.8. The van der Waals surface area contributed by atoms with Crippen LogP contribution in [0.15, 0.2) is 0 Å². The molecule has 0 amide bonds. The number of hydrogen-bond acceptors (Lipinski definition) is 3. The van der Waals surface area contributed by atoms with Crippen LogP contribution in [0.1, 0.15) is 12.8 Å². The van der Waals surface area contributed by atoms with Gasteiger partial charge in [-0.2, -0.15) is 0 Å². The number of aliphatic hydroxyl groups excluding tert-OH is 1. The lowest BCUT2D eigenvalue weighted by molar-refractivity contribution is -0.0554. The van der Waals surface area contributed by atoms with Crippen molar-refractivity contribution in [1.82, 2.24) is 5.32 Å². The molecule has 1 aliphatic heterocycles. The zero-order valence-electron chi connectivity index (χ0n) is 6.76. The average Bonchev–Trinajstić information content (AvgIpc) is 2.04. The van der Waals surface area contributed by atoms with Gasteiger partial charge in [0.2, 0.25) is 0 Å². The van der Waals surface area contributed by atoms with Crippen LogP contribution in [0.2, 0.25) is 0 Å². The molecular formula is C7H14F2N2O. The van der Waals surface area contributed by atoms with Crippen molar-refractivity contribution in [3.63, 3.8) is 0 Å². The number of nitrogens with one attached hydrogen (secondary N) is 1. The summed E-state index contributed by atoms with van der Waals surface area (Å²) in [6.45, 7) is 1.05. The summed E-state index contributed by atoms with van der Waals surface area (Å²) in [7, 11) is 0. The second-order valence-corrected chi connectivity index (χ2v) is 3.29. The van der Waals surface area contributed by atoms with Gasteiger partial charge < -0.3 is 16.2 Å². The molecule has 0 bridgehead atoms. The Hall–Kier alpha value is -0.260. The SMILES string of the molecule is NC1(C(O)C(F)F)CCCNC1. The molecule has 0 spiro atoms. The van der Waals surface area contributed by atoms with Gasteiger partial charge in [0.1, 0.15) is 6.10 Å². The molecular weight excluding hydrogens is 166 g/mol. The van der Waals surface area contributed by atoms with Crippen molar-refractivity contribution in [2.24, 2.45) is 5.73 Å². The lowest BCUT2D eigenvalue weighted by Gasteiger charge is -2.37. The Bertz CT molecular complexity index is 148. The second-order valence-electron chi connectivity index (χ2n) is 3.29.